The number of methoxy groups -OCH3 is 1. The molecule has 0 atom stereocenters. The minimum Gasteiger partial charge on any atom is -0.493 e. The second-order valence-corrected chi connectivity index (χ2v) is 7.72. The van der Waals surface area contributed by atoms with Crippen LogP contribution in [0.1, 0.15) is 25.0 Å². The Kier molecular flexibility index (Phi) is 6.45. The Morgan fingerprint density at radius 3 is 2.16 bits per heavy atom. The minimum atomic E-state index is -3.54. The van der Waals surface area contributed by atoms with Crippen LogP contribution in [0.25, 0.3) is 0 Å². The van der Waals surface area contributed by atoms with E-state index in [2.05, 4.69) is 0 Å². The summed E-state index contributed by atoms with van der Waals surface area (Å²) in [5.74, 6) is 1.24. The smallest absolute Gasteiger partial charge is 0.243 e. The van der Waals surface area contributed by atoms with Gasteiger partial charge in [-0.05, 0) is 48.7 Å². The molecule has 0 N–H and O–H groups in total. The lowest BCUT2D eigenvalue weighted by Crippen LogP contribution is -2.26. The van der Waals surface area contributed by atoms with Crippen LogP contribution in [0.3, 0.4) is 0 Å². The predicted molar refractivity (Wildman–Crippen MR) is 98.6 cm³/mol. The molecule has 0 bridgehead atoms. The molecule has 0 fully saturated rings. The lowest BCUT2D eigenvalue weighted by molar-refractivity contribution is 0.310. The summed E-state index contributed by atoms with van der Waals surface area (Å²) in [4.78, 5) is 0.296. The lowest BCUT2D eigenvalue weighted by Gasteiger charge is -2.18. The number of rotatable bonds is 8. The molecule has 0 aliphatic rings. The van der Waals surface area contributed by atoms with Crippen LogP contribution in [0, 0.1) is 0 Å². The van der Waals surface area contributed by atoms with Gasteiger partial charge in [0.1, 0.15) is 0 Å². The zero-order chi connectivity index (χ0) is 18.4. The van der Waals surface area contributed by atoms with Crippen LogP contribution < -0.4 is 9.47 Å². The van der Waals surface area contributed by atoms with Crippen molar-refractivity contribution in [2.75, 3.05) is 20.8 Å². The molecule has 0 amide bonds. The first-order valence-electron chi connectivity index (χ1n) is 8.27. The van der Waals surface area contributed by atoms with Gasteiger partial charge < -0.3 is 9.47 Å². The summed E-state index contributed by atoms with van der Waals surface area (Å²) in [6, 6.07) is 12.5. The van der Waals surface area contributed by atoms with Crippen LogP contribution in [0.15, 0.2) is 47.4 Å². The van der Waals surface area contributed by atoms with Crippen molar-refractivity contribution in [2.24, 2.45) is 0 Å². The zero-order valence-electron chi connectivity index (χ0n) is 15.2. The van der Waals surface area contributed by atoms with E-state index in [1.807, 2.05) is 32.0 Å². The molecule has 0 saturated heterocycles. The van der Waals surface area contributed by atoms with Crippen LogP contribution in [0.2, 0.25) is 0 Å². The third-order valence-electron chi connectivity index (χ3n) is 3.97. The van der Waals surface area contributed by atoms with Gasteiger partial charge in [0.05, 0.1) is 18.6 Å². The van der Waals surface area contributed by atoms with Gasteiger partial charge in [0, 0.05) is 13.6 Å². The molecule has 0 aromatic heterocycles. The van der Waals surface area contributed by atoms with E-state index in [0.29, 0.717) is 23.0 Å². The summed E-state index contributed by atoms with van der Waals surface area (Å²) in [7, 11) is -0.399. The molecule has 2 aromatic carbocycles. The SMILES string of the molecule is CCOc1ccc(CN(C)S(=O)(=O)c2ccc(CC)cc2)cc1OC. The normalized spacial score (nSPS) is 11.6. The molecule has 0 spiro atoms. The molecule has 25 heavy (non-hydrogen) atoms. The average Bonchev–Trinajstić information content (AvgIpc) is 2.63. The van der Waals surface area contributed by atoms with Crippen molar-refractivity contribution >= 4 is 10.0 Å². The van der Waals surface area contributed by atoms with Gasteiger partial charge in [-0.2, -0.15) is 4.31 Å². The van der Waals surface area contributed by atoms with Gasteiger partial charge in [0.2, 0.25) is 10.0 Å². The summed E-state index contributed by atoms with van der Waals surface area (Å²) >= 11 is 0. The quantitative estimate of drug-likeness (QED) is 0.720. The molecule has 6 heteroatoms. The Morgan fingerprint density at radius 1 is 0.960 bits per heavy atom. The first-order valence-corrected chi connectivity index (χ1v) is 9.71. The molecule has 0 aliphatic carbocycles. The van der Waals surface area contributed by atoms with E-state index in [4.69, 9.17) is 9.47 Å². The maximum atomic E-state index is 12.7. The highest BCUT2D eigenvalue weighted by Gasteiger charge is 2.21. The molecular weight excluding hydrogens is 338 g/mol. The van der Waals surface area contributed by atoms with E-state index in [1.54, 1.807) is 38.4 Å². The van der Waals surface area contributed by atoms with Gasteiger partial charge in [-0.25, -0.2) is 8.42 Å². The molecule has 0 radical (unpaired) electrons. The van der Waals surface area contributed by atoms with Gasteiger partial charge in [-0.15, -0.1) is 0 Å². The van der Waals surface area contributed by atoms with Crippen molar-refractivity contribution < 1.29 is 17.9 Å². The first-order chi connectivity index (χ1) is 11.9. The van der Waals surface area contributed by atoms with Crippen molar-refractivity contribution in [2.45, 2.75) is 31.7 Å². The maximum Gasteiger partial charge on any atom is 0.243 e. The Hall–Kier alpha value is -2.05. The van der Waals surface area contributed by atoms with E-state index in [9.17, 15) is 8.42 Å². The third kappa shape index (κ3) is 4.52. The van der Waals surface area contributed by atoms with Gasteiger partial charge in [0.25, 0.3) is 0 Å². The summed E-state index contributed by atoms with van der Waals surface area (Å²) in [5, 5.41) is 0. The Balaban J connectivity index is 2.21. The van der Waals surface area contributed by atoms with E-state index >= 15 is 0 Å². The lowest BCUT2D eigenvalue weighted by atomic mass is 10.2. The molecule has 0 saturated carbocycles. The van der Waals surface area contributed by atoms with Crippen molar-refractivity contribution in [3.05, 3.63) is 53.6 Å². The second kappa shape index (κ2) is 8.36. The summed E-state index contributed by atoms with van der Waals surface area (Å²) in [5.41, 5.74) is 1.94. The summed E-state index contributed by atoms with van der Waals surface area (Å²) in [6.45, 7) is 4.73. The van der Waals surface area contributed by atoms with Crippen molar-refractivity contribution in [1.82, 2.24) is 4.31 Å². The molecule has 0 unspecified atom stereocenters. The predicted octanol–water partition coefficient (Wildman–Crippen LogP) is 3.48. The maximum absolute atomic E-state index is 12.7. The number of hydrogen-bond donors (Lipinski definition) is 0. The number of ether oxygens (including phenoxy) is 2. The van der Waals surface area contributed by atoms with Gasteiger partial charge in [-0.3, -0.25) is 0 Å². The second-order valence-electron chi connectivity index (χ2n) is 5.68. The number of hydrogen-bond acceptors (Lipinski definition) is 4. The average molecular weight is 363 g/mol. The number of sulfonamides is 1. The Labute approximate surface area is 150 Å². The number of nitrogens with zero attached hydrogens (tertiary/aromatic N) is 1. The monoisotopic (exact) mass is 363 g/mol. The van der Waals surface area contributed by atoms with Gasteiger partial charge in [0.15, 0.2) is 11.5 Å². The fraction of sp³-hybridized carbons (Fsp3) is 0.368. The standard InChI is InChI=1S/C19H25NO4S/c1-5-15-7-10-17(11-8-15)25(21,22)20(3)14-16-9-12-18(24-6-2)19(13-16)23-4/h7-13H,5-6,14H2,1-4H3. The molecular formula is C19H25NO4S. The highest BCUT2D eigenvalue weighted by atomic mass is 32.2. The van der Waals surface area contributed by atoms with Crippen molar-refractivity contribution in [3.8, 4) is 11.5 Å². The summed E-state index contributed by atoms with van der Waals surface area (Å²) in [6.07, 6.45) is 0.877. The highest BCUT2D eigenvalue weighted by Crippen LogP contribution is 2.29. The fourth-order valence-electron chi connectivity index (χ4n) is 2.50. The topological polar surface area (TPSA) is 55.8 Å². The molecule has 2 rings (SSSR count). The van der Waals surface area contributed by atoms with E-state index < -0.39 is 10.0 Å². The molecule has 5 nitrogen and oxygen atoms in total. The van der Waals surface area contributed by atoms with E-state index in [-0.39, 0.29) is 6.54 Å². The minimum absolute atomic E-state index is 0.251. The van der Waals surface area contributed by atoms with Crippen molar-refractivity contribution in [1.29, 1.82) is 0 Å². The molecule has 0 heterocycles. The number of aryl methyl sites for hydroxylation is 1. The van der Waals surface area contributed by atoms with Gasteiger partial charge >= 0.3 is 0 Å². The number of benzene rings is 2. The zero-order valence-corrected chi connectivity index (χ0v) is 16.0. The van der Waals surface area contributed by atoms with Crippen LogP contribution in [0.4, 0.5) is 0 Å². The van der Waals surface area contributed by atoms with E-state index in [1.165, 1.54) is 4.31 Å². The molecule has 136 valence electrons. The third-order valence-corrected chi connectivity index (χ3v) is 5.79. The Bertz CT molecular complexity index is 801. The van der Waals surface area contributed by atoms with Crippen LogP contribution >= 0.6 is 0 Å². The fourth-order valence-corrected chi connectivity index (χ4v) is 3.66. The summed E-state index contributed by atoms with van der Waals surface area (Å²) < 4.78 is 37.6. The van der Waals surface area contributed by atoms with Crippen LogP contribution in [-0.2, 0) is 23.0 Å². The highest BCUT2D eigenvalue weighted by molar-refractivity contribution is 7.89. The molecule has 2 aromatic rings. The Morgan fingerprint density at radius 2 is 1.60 bits per heavy atom. The first kappa shape index (κ1) is 19.3. The largest absolute Gasteiger partial charge is 0.493 e. The van der Waals surface area contributed by atoms with E-state index in [0.717, 1.165) is 17.5 Å². The van der Waals surface area contributed by atoms with Gasteiger partial charge in [-0.1, -0.05) is 25.1 Å². The van der Waals surface area contributed by atoms with Crippen LogP contribution in [-0.4, -0.2) is 33.5 Å². The van der Waals surface area contributed by atoms with Crippen molar-refractivity contribution in [3.63, 3.8) is 0 Å². The molecule has 0 aliphatic heterocycles. The van der Waals surface area contributed by atoms with Crippen LogP contribution in [0.5, 0.6) is 11.5 Å².